The highest BCUT2D eigenvalue weighted by Crippen LogP contribution is 2.30. The summed E-state index contributed by atoms with van der Waals surface area (Å²) in [6, 6.07) is 6.97. The molecule has 0 unspecified atom stereocenters. The van der Waals surface area contributed by atoms with Gasteiger partial charge in [-0.1, -0.05) is 6.92 Å². The third-order valence-corrected chi connectivity index (χ3v) is 3.67. The minimum absolute atomic E-state index is 0.435. The summed E-state index contributed by atoms with van der Waals surface area (Å²) in [7, 11) is 1.70. The van der Waals surface area contributed by atoms with Crippen molar-refractivity contribution in [2.45, 2.75) is 52.6 Å². The minimum atomic E-state index is 0.435. The number of nitrogen functional groups attached to an aromatic ring is 1. The van der Waals surface area contributed by atoms with Crippen LogP contribution < -0.4 is 15.4 Å². The van der Waals surface area contributed by atoms with Crippen molar-refractivity contribution in [1.82, 2.24) is 0 Å². The Morgan fingerprint density at radius 1 is 1.19 bits per heavy atom. The fraction of sp³-hybridized carbons (Fsp3) is 0.647. The number of methoxy groups -OCH3 is 1. The van der Waals surface area contributed by atoms with Gasteiger partial charge in [-0.2, -0.15) is 0 Å². The summed E-state index contributed by atoms with van der Waals surface area (Å²) in [4.78, 5) is 2.40. The molecule has 21 heavy (non-hydrogen) atoms. The highest BCUT2D eigenvalue weighted by molar-refractivity contribution is 5.63. The van der Waals surface area contributed by atoms with Gasteiger partial charge in [0.15, 0.2) is 0 Å². The highest BCUT2D eigenvalue weighted by atomic mass is 16.5. The quantitative estimate of drug-likeness (QED) is 0.557. The molecule has 0 aliphatic carbocycles. The van der Waals surface area contributed by atoms with Gasteiger partial charge in [0.05, 0.1) is 12.3 Å². The number of hydrogen-bond donors (Lipinski definition) is 1. The van der Waals surface area contributed by atoms with Crippen LogP contribution in [0.5, 0.6) is 5.75 Å². The lowest BCUT2D eigenvalue weighted by Crippen LogP contribution is -2.38. The molecule has 0 aromatic heterocycles. The Morgan fingerprint density at radius 2 is 1.90 bits per heavy atom. The summed E-state index contributed by atoms with van der Waals surface area (Å²) < 4.78 is 10.8. The predicted molar refractivity (Wildman–Crippen MR) is 90.2 cm³/mol. The number of rotatable bonds is 9. The van der Waals surface area contributed by atoms with E-state index in [0.29, 0.717) is 31.0 Å². The van der Waals surface area contributed by atoms with E-state index >= 15 is 0 Å². The van der Waals surface area contributed by atoms with Gasteiger partial charge in [0.2, 0.25) is 0 Å². The van der Waals surface area contributed by atoms with Gasteiger partial charge < -0.3 is 20.1 Å². The Hall–Kier alpha value is -1.42. The van der Waals surface area contributed by atoms with Crippen molar-refractivity contribution in [2.24, 2.45) is 0 Å². The molecule has 4 heteroatoms. The fourth-order valence-electron chi connectivity index (χ4n) is 2.45. The molecule has 0 saturated heterocycles. The topological polar surface area (TPSA) is 47.7 Å². The van der Waals surface area contributed by atoms with E-state index in [1.165, 1.54) is 0 Å². The second-order valence-electron chi connectivity index (χ2n) is 5.68. The molecule has 120 valence electrons. The van der Waals surface area contributed by atoms with Crippen LogP contribution in [0.25, 0.3) is 0 Å². The third kappa shape index (κ3) is 5.12. The molecule has 1 aromatic carbocycles. The van der Waals surface area contributed by atoms with E-state index in [-0.39, 0.29) is 0 Å². The molecule has 0 spiro atoms. The van der Waals surface area contributed by atoms with E-state index in [1.807, 2.05) is 12.1 Å². The number of benzene rings is 1. The lowest BCUT2D eigenvalue weighted by atomic mass is 10.1. The molecule has 0 bridgehead atoms. The molecule has 1 atom stereocenters. The maximum Gasteiger partial charge on any atom is 0.144 e. The molecule has 0 aliphatic rings. The summed E-state index contributed by atoms with van der Waals surface area (Å²) in [5.74, 6) is 0.762. The number of nitrogens with zero attached hydrogens (tertiary/aromatic N) is 1. The zero-order chi connectivity index (χ0) is 15.8. The third-order valence-electron chi connectivity index (χ3n) is 3.67. The van der Waals surface area contributed by atoms with Crippen molar-refractivity contribution in [3.63, 3.8) is 0 Å². The van der Waals surface area contributed by atoms with Gasteiger partial charge in [0.1, 0.15) is 5.75 Å². The molecule has 0 heterocycles. The molecule has 0 fully saturated rings. The van der Waals surface area contributed by atoms with Crippen molar-refractivity contribution in [1.29, 1.82) is 0 Å². The van der Waals surface area contributed by atoms with Gasteiger partial charge in [-0.3, -0.25) is 0 Å². The Bertz CT molecular complexity index is 421. The lowest BCUT2D eigenvalue weighted by molar-refractivity contribution is 0.172. The zero-order valence-corrected chi connectivity index (χ0v) is 14.1. The van der Waals surface area contributed by atoms with Crippen LogP contribution in [0, 0.1) is 0 Å². The van der Waals surface area contributed by atoms with Gasteiger partial charge in [0, 0.05) is 44.0 Å². The second kappa shape index (κ2) is 8.78. The van der Waals surface area contributed by atoms with Crippen LogP contribution in [0.3, 0.4) is 0 Å². The van der Waals surface area contributed by atoms with Gasteiger partial charge in [-0.05, 0) is 39.3 Å². The Morgan fingerprint density at radius 3 is 2.48 bits per heavy atom. The molecule has 1 aromatic rings. The first-order valence-electron chi connectivity index (χ1n) is 7.80. The van der Waals surface area contributed by atoms with Crippen molar-refractivity contribution < 1.29 is 9.47 Å². The summed E-state index contributed by atoms with van der Waals surface area (Å²) in [5, 5.41) is 0. The predicted octanol–water partition coefficient (Wildman–Crippen LogP) is 3.70. The first kappa shape index (κ1) is 17.6. The number of anilines is 2. The van der Waals surface area contributed by atoms with E-state index in [9.17, 15) is 0 Å². The zero-order valence-electron chi connectivity index (χ0n) is 14.1. The Labute approximate surface area is 129 Å². The average Bonchev–Trinajstić information content (AvgIpc) is 2.46. The molecule has 0 amide bonds. The van der Waals surface area contributed by atoms with Crippen LogP contribution in [0.2, 0.25) is 0 Å². The average molecular weight is 294 g/mol. The first-order valence-corrected chi connectivity index (χ1v) is 7.80. The van der Waals surface area contributed by atoms with E-state index < -0.39 is 0 Å². The maximum atomic E-state index is 6.01. The van der Waals surface area contributed by atoms with E-state index in [2.05, 4.69) is 38.7 Å². The molecule has 0 radical (unpaired) electrons. The van der Waals surface area contributed by atoms with E-state index in [1.54, 1.807) is 7.11 Å². The minimum Gasteiger partial charge on any atom is -0.491 e. The fourth-order valence-corrected chi connectivity index (χ4v) is 2.45. The van der Waals surface area contributed by atoms with Crippen LogP contribution in [0.1, 0.15) is 40.5 Å². The number of ether oxygens (including phenoxy) is 2. The van der Waals surface area contributed by atoms with Crippen LogP contribution in [-0.4, -0.2) is 32.4 Å². The van der Waals surface area contributed by atoms with E-state index in [4.69, 9.17) is 15.2 Å². The molecule has 0 saturated carbocycles. The van der Waals surface area contributed by atoms with Gasteiger partial charge in [-0.25, -0.2) is 0 Å². The highest BCUT2D eigenvalue weighted by Gasteiger charge is 2.17. The molecular formula is C17H30N2O2. The number of nitrogens with two attached hydrogens (primary N) is 1. The second-order valence-corrected chi connectivity index (χ2v) is 5.68. The maximum absolute atomic E-state index is 6.01. The first-order chi connectivity index (χ1) is 10.0. The molecule has 2 N–H and O–H groups in total. The van der Waals surface area contributed by atoms with Crippen LogP contribution in [0.4, 0.5) is 11.4 Å². The lowest BCUT2D eigenvalue weighted by Gasteiger charge is -2.35. The standard InChI is InChI=1S/C17H30N2O2/c1-6-14(4)19(13(2)3)15-8-9-16(18)17(12-15)21-11-7-10-20-5/h8-9,12-14H,6-7,10-11,18H2,1-5H3/t14-/m1/s1. The van der Waals surface area contributed by atoms with Crippen LogP contribution in [0.15, 0.2) is 18.2 Å². The van der Waals surface area contributed by atoms with Gasteiger partial charge in [0.25, 0.3) is 0 Å². The molecule has 4 nitrogen and oxygen atoms in total. The summed E-state index contributed by atoms with van der Waals surface area (Å²) >= 11 is 0. The SMILES string of the molecule is CC[C@@H](C)N(c1ccc(N)c(OCCCOC)c1)C(C)C. The van der Waals surface area contributed by atoms with Crippen LogP contribution in [-0.2, 0) is 4.74 Å². The van der Waals surface area contributed by atoms with Crippen molar-refractivity contribution in [3.8, 4) is 5.75 Å². The van der Waals surface area contributed by atoms with Gasteiger partial charge >= 0.3 is 0 Å². The summed E-state index contributed by atoms with van der Waals surface area (Å²) in [6.45, 7) is 10.2. The molecule has 1 rings (SSSR count). The Balaban J connectivity index is 2.87. The van der Waals surface area contributed by atoms with Crippen molar-refractivity contribution in [3.05, 3.63) is 18.2 Å². The normalized spacial score (nSPS) is 12.5. The summed E-state index contributed by atoms with van der Waals surface area (Å²) in [6.07, 6.45) is 1.96. The number of hydrogen-bond acceptors (Lipinski definition) is 4. The largest absolute Gasteiger partial charge is 0.491 e. The van der Waals surface area contributed by atoms with Crippen molar-refractivity contribution >= 4 is 11.4 Å². The Kier molecular flexibility index (Phi) is 7.37. The van der Waals surface area contributed by atoms with Crippen molar-refractivity contribution in [2.75, 3.05) is 31.0 Å². The van der Waals surface area contributed by atoms with Crippen LogP contribution >= 0.6 is 0 Å². The molecule has 0 aliphatic heterocycles. The summed E-state index contributed by atoms with van der Waals surface area (Å²) in [5.41, 5.74) is 7.86. The van der Waals surface area contributed by atoms with Gasteiger partial charge in [-0.15, -0.1) is 0 Å². The monoisotopic (exact) mass is 294 g/mol. The smallest absolute Gasteiger partial charge is 0.144 e. The van der Waals surface area contributed by atoms with E-state index in [0.717, 1.165) is 24.3 Å². The molecular weight excluding hydrogens is 264 g/mol.